The molecule has 0 aromatic heterocycles. The van der Waals surface area contributed by atoms with E-state index in [4.69, 9.17) is 16.7 Å². The summed E-state index contributed by atoms with van der Waals surface area (Å²) in [6.07, 6.45) is -0.155. The zero-order chi connectivity index (χ0) is 22.8. The number of rotatable bonds is 5. The number of amides is 1. The molecule has 1 aliphatic heterocycles. The van der Waals surface area contributed by atoms with Gasteiger partial charge in [-0.05, 0) is 47.5 Å². The Kier molecular flexibility index (Phi) is 5.79. The molecule has 1 atom stereocenters. The largest absolute Gasteiger partial charge is 0.507 e. The number of carbonyl (C=O) groups excluding carboxylic acids is 2. The lowest BCUT2D eigenvalue weighted by Crippen LogP contribution is -2.29. The molecule has 4 rings (SSSR count). The molecule has 160 valence electrons. The number of aliphatic hydroxyl groups is 1. The Morgan fingerprint density at radius 3 is 2.09 bits per heavy atom. The molecular formula is C25H18ClNO5. The standard InChI is InChI=1S/C25H18ClNO5/c26-18-10-8-17(9-11-18)23(30)21-22(16-4-2-1-3-5-16)27(25(32)24(21)31)19-12-6-15(7-13-19)14-20(28)29/h1-13,22,30H,14H2,(H,28,29)/b23-21+. The number of carboxylic acid groups (broad SMARTS) is 1. The molecule has 1 unspecified atom stereocenters. The van der Waals surface area contributed by atoms with E-state index < -0.39 is 23.7 Å². The smallest absolute Gasteiger partial charge is 0.307 e. The Balaban J connectivity index is 1.85. The Bertz CT molecular complexity index is 1220. The second-order valence-electron chi connectivity index (χ2n) is 7.32. The number of aliphatic hydroxyl groups excluding tert-OH is 1. The van der Waals surface area contributed by atoms with Crippen molar-refractivity contribution in [2.24, 2.45) is 0 Å². The van der Waals surface area contributed by atoms with Crippen LogP contribution in [0.3, 0.4) is 0 Å². The van der Waals surface area contributed by atoms with Crippen molar-refractivity contribution in [3.05, 3.63) is 106 Å². The zero-order valence-corrected chi connectivity index (χ0v) is 17.5. The predicted octanol–water partition coefficient (Wildman–Crippen LogP) is 4.59. The number of benzene rings is 3. The van der Waals surface area contributed by atoms with Crippen molar-refractivity contribution in [1.82, 2.24) is 0 Å². The molecule has 32 heavy (non-hydrogen) atoms. The van der Waals surface area contributed by atoms with E-state index in [0.29, 0.717) is 27.4 Å². The van der Waals surface area contributed by atoms with Gasteiger partial charge < -0.3 is 10.2 Å². The maximum Gasteiger partial charge on any atom is 0.307 e. The Hall–Kier alpha value is -3.90. The molecule has 7 heteroatoms. The highest BCUT2D eigenvalue weighted by Gasteiger charge is 2.46. The molecule has 1 heterocycles. The van der Waals surface area contributed by atoms with Gasteiger partial charge in [0.1, 0.15) is 5.76 Å². The number of aliphatic carboxylic acids is 1. The number of carboxylic acids is 1. The number of halogens is 1. The molecule has 6 nitrogen and oxygen atoms in total. The lowest BCUT2D eigenvalue weighted by molar-refractivity contribution is -0.136. The zero-order valence-electron chi connectivity index (χ0n) is 16.7. The van der Waals surface area contributed by atoms with Crippen LogP contribution in [0.5, 0.6) is 0 Å². The Morgan fingerprint density at radius 2 is 1.50 bits per heavy atom. The first-order valence-electron chi connectivity index (χ1n) is 9.79. The fourth-order valence-electron chi connectivity index (χ4n) is 3.76. The maximum atomic E-state index is 13.1. The van der Waals surface area contributed by atoms with Gasteiger partial charge in [0.25, 0.3) is 11.7 Å². The summed E-state index contributed by atoms with van der Waals surface area (Å²) in [5.41, 5.74) is 1.97. The second kappa shape index (κ2) is 8.69. The summed E-state index contributed by atoms with van der Waals surface area (Å²) in [5.74, 6) is -2.84. The monoisotopic (exact) mass is 447 g/mol. The van der Waals surface area contributed by atoms with Crippen molar-refractivity contribution >= 4 is 40.7 Å². The molecule has 3 aromatic carbocycles. The average Bonchev–Trinajstić information content (AvgIpc) is 3.05. The first-order chi connectivity index (χ1) is 15.4. The number of Topliss-reactive ketones (excluding diaryl/α,β-unsaturated/α-hetero) is 1. The molecular weight excluding hydrogens is 430 g/mol. The van der Waals surface area contributed by atoms with Crippen LogP contribution >= 0.6 is 11.6 Å². The number of carbonyl (C=O) groups is 3. The van der Waals surface area contributed by atoms with Gasteiger partial charge in [0.15, 0.2) is 0 Å². The Labute approximate surface area is 189 Å². The van der Waals surface area contributed by atoms with Crippen LogP contribution in [-0.4, -0.2) is 27.9 Å². The molecule has 0 saturated carbocycles. The highest BCUT2D eigenvalue weighted by atomic mass is 35.5. The van der Waals surface area contributed by atoms with Crippen LogP contribution in [0.1, 0.15) is 22.7 Å². The molecule has 0 bridgehead atoms. The maximum absolute atomic E-state index is 13.1. The van der Waals surface area contributed by atoms with Crippen LogP contribution in [0.25, 0.3) is 5.76 Å². The number of hydrogen-bond donors (Lipinski definition) is 2. The fraction of sp³-hybridized carbons (Fsp3) is 0.0800. The van der Waals surface area contributed by atoms with Crippen molar-refractivity contribution in [3.8, 4) is 0 Å². The highest BCUT2D eigenvalue weighted by Crippen LogP contribution is 2.42. The third-order valence-corrected chi connectivity index (χ3v) is 5.50. The van der Waals surface area contributed by atoms with E-state index >= 15 is 0 Å². The van der Waals surface area contributed by atoms with Gasteiger partial charge in [-0.15, -0.1) is 0 Å². The van der Waals surface area contributed by atoms with Crippen LogP contribution in [0.2, 0.25) is 5.02 Å². The molecule has 1 fully saturated rings. The SMILES string of the molecule is O=C(O)Cc1ccc(N2C(=O)C(=O)/C(=C(/O)c3ccc(Cl)cc3)C2c2ccccc2)cc1. The molecule has 1 aliphatic rings. The summed E-state index contributed by atoms with van der Waals surface area (Å²) < 4.78 is 0. The van der Waals surface area contributed by atoms with Crippen LogP contribution < -0.4 is 4.90 Å². The van der Waals surface area contributed by atoms with Gasteiger partial charge in [-0.2, -0.15) is 0 Å². The van der Waals surface area contributed by atoms with Crippen molar-refractivity contribution in [2.75, 3.05) is 4.90 Å². The van der Waals surface area contributed by atoms with Crippen LogP contribution in [0.4, 0.5) is 5.69 Å². The van der Waals surface area contributed by atoms with Crippen molar-refractivity contribution in [1.29, 1.82) is 0 Å². The van der Waals surface area contributed by atoms with Gasteiger partial charge >= 0.3 is 5.97 Å². The highest BCUT2D eigenvalue weighted by molar-refractivity contribution is 6.51. The molecule has 1 amide bonds. The predicted molar refractivity (Wildman–Crippen MR) is 120 cm³/mol. The number of ketones is 1. The quantitative estimate of drug-likeness (QED) is 0.339. The van der Waals surface area contributed by atoms with Gasteiger partial charge in [0, 0.05) is 16.3 Å². The van der Waals surface area contributed by atoms with Gasteiger partial charge in [0.05, 0.1) is 18.0 Å². The van der Waals surface area contributed by atoms with Gasteiger partial charge in [0.2, 0.25) is 0 Å². The third-order valence-electron chi connectivity index (χ3n) is 5.25. The summed E-state index contributed by atoms with van der Waals surface area (Å²) in [6.45, 7) is 0. The number of nitrogens with zero attached hydrogens (tertiary/aromatic N) is 1. The van der Waals surface area contributed by atoms with Gasteiger partial charge in [-0.3, -0.25) is 19.3 Å². The lowest BCUT2D eigenvalue weighted by Gasteiger charge is -2.25. The van der Waals surface area contributed by atoms with E-state index in [1.54, 1.807) is 72.8 Å². The molecule has 1 saturated heterocycles. The minimum atomic E-state index is -0.967. The van der Waals surface area contributed by atoms with Crippen molar-refractivity contribution in [3.63, 3.8) is 0 Å². The van der Waals surface area contributed by atoms with E-state index in [2.05, 4.69) is 0 Å². The first-order valence-corrected chi connectivity index (χ1v) is 10.2. The molecule has 0 radical (unpaired) electrons. The third kappa shape index (κ3) is 4.00. The van der Waals surface area contributed by atoms with Crippen LogP contribution in [0.15, 0.2) is 84.4 Å². The molecule has 3 aromatic rings. The summed E-state index contributed by atoms with van der Waals surface area (Å²) in [5, 5.41) is 20.5. The lowest BCUT2D eigenvalue weighted by atomic mass is 9.95. The molecule has 0 aliphatic carbocycles. The molecule has 0 spiro atoms. The van der Waals surface area contributed by atoms with E-state index in [0.717, 1.165) is 0 Å². The van der Waals surface area contributed by atoms with Gasteiger partial charge in [-0.1, -0.05) is 54.1 Å². The Morgan fingerprint density at radius 1 is 0.875 bits per heavy atom. The average molecular weight is 448 g/mol. The van der Waals surface area contributed by atoms with Gasteiger partial charge in [-0.25, -0.2) is 0 Å². The summed E-state index contributed by atoms with van der Waals surface area (Å²) >= 11 is 5.94. The second-order valence-corrected chi connectivity index (χ2v) is 7.76. The van der Waals surface area contributed by atoms with Crippen LogP contribution in [-0.2, 0) is 20.8 Å². The van der Waals surface area contributed by atoms with Crippen molar-refractivity contribution in [2.45, 2.75) is 12.5 Å². The van der Waals surface area contributed by atoms with E-state index in [1.165, 1.54) is 4.90 Å². The molecule has 2 N–H and O–H groups in total. The van der Waals surface area contributed by atoms with E-state index in [9.17, 15) is 19.5 Å². The summed E-state index contributed by atoms with van der Waals surface area (Å²) in [7, 11) is 0. The van der Waals surface area contributed by atoms with E-state index in [-0.39, 0.29) is 17.8 Å². The summed E-state index contributed by atoms with van der Waals surface area (Å²) in [6, 6.07) is 20.8. The van der Waals surface area contributed by atoms with Crippen LogP contribution in [0, 0.1) is 0 Å². The topological polar surface area (TPSA) is 94.9 Å². The first kappa shape index (κ1) is 21.3. The fourth-order valence-corrected chi connectivity index (χ4v) is 3.89. The summed E-state index contributed by atoms with van der Waals surface area (Å²) in [4.78, 5) is 38.4. The minimum absolute atomic E-state index is 0.0295. The van der Waals surface area contributed by atoms with Crippen molar-refractivity contribution < 1.29 is 24.6 Å². The normalized spacial score (nSPS) is 17.5. The number of hydrogen-bond acceptors (Lipinski definition) is 4. The number of anilines is 1. The minimum Gasteiger partial charge on any atom is -0.507 e. The van der Waals surface area contributed by atoms with E-state index in [1.807, 2.05) is 6.07 Å².